The summed E-state index contributed by atoms with van der Waals surface area (Å²) in [5, 5.41) is 3.17. The number of aromatic nitrogens is 2. The Hall–Kier alpha value is -3.04. The molecule has 3 aromatic rings. The molecule has 0 saturated heterocycles. The van der Waals surface area contributed by atoms with Crippen molar-refractivity contribution < 1.29 is 17.9 Å². The van der Waals surface area contributed by atoms with Crippen LogP contribution in [0.25, 0.3) is 5.69 Å². The van der Waals surface area contributed by atoms with E-state index in [4.69, 9.17) is 16.3 Å². The molecule has 1 atom stereocenters. The number of rotatable bonds is 8. The van der Waals surface area contributed by atoms with E-state index in [-0.39, 0.29) is 12.2 Å². The zero-order valence-electron chi connectivity index (χ0n) is 18.2. The van der Waals surface area contributed by atoms with E-state index < -0.39 is 22.0 Å². The summed E-state index contributed by atoms with van der Waals surface area (Å²) in [7, 11) is -2.40. The maximum absolute atomic E-state index is 13.0. The van der Waals surface area contributed by atoms with Crippen LogP contribution in [0.15, 0.2) is 54.9 Å². The first-order valence-corrected chi connectivity index (χ1v) is 12.0. The third kappa shape index (κ3) is 5.05. The quantitative estimate of drug-likeness (QED) is 0.538. The fourth-order valence-electron chi connectivity index (χ4n) is 3.47. The number of sulfonamides is 1. The lowest BCUT2D eigenvalue weighted by atomic mass is 10.1. The van der Waals surface area contributed by atoms with Gasteiger partial charge in [0.05, 0.1) is 24.7 Å². The summed E-state index contributed by atoms with van der Waals surface area (Å²) in [6.07, 6.45) is 4.58. The van der Waals surface area contributed by atoms with Crippen molar-refractivity contribution >= 4 is 33.2 Å². The second-order valence-corrected chi connectivity index (χ2v) is 9.54. The van der Waals surface area contributed by atoms with Gasteiger partial charge in [-0.05, 0) is 43.7 Å². The number of hydrogen-bond donors (Lipinski definition) is 1. The first-order chi connectivity index (χ1) is 15.1. The van der Waals surface area contributed by atoms with Crippen molar-refractivity contribution in [1.29, 1.82) is 0 Å². The molecule has 0 saturated carbocycles. The van der Waals surface area contributed by atoms with Crippen LogP contribution in [-0.4, -0.2) is 43.3 Å². The minimum absolute atomic E-state index is 0.194. The summed E-state index contributed by atoms with van der Waals surface area (Å²) in [6, 6.07) is 11.2. The van der Waals surface area contributed by atoms with Crippen molar-refractivity contribution in [2.75, 3.05) is 17.7 Å². The summed E-state index contributed by atoms with van der Waals surface area (Å²) >= 11 is 6.09. The Morgan fingerprint density at radius 1 is 1.28 bits per heavy atom. The van der Waals surface area contributed by atoms with Gasteiger partial charge in [-0.3, -0.25) is 9.10 Å². The average molecular weight is 477 g/mol. The van der Waals surface area contributed by atoms with Crippen LogP contribution in [-0.2, 0) is 21.4 Å². The number of benzene rings is 2. The lowest BCUT2D eigenvalue weighted by Crippen LogP contribution is -2.47. The predicted octanol–water partition coefficient (Wildman–Crippen LogP) is 3.31. The van der Waals surface area contributed by atoms with E-state index >= 15 is 0 Å². The minimum Gasteiger partial charge on any atom is -0.495 e. The lowest BCUT2D eigenvalue weighted by Gasteiger charge is -2.29. The summed E-state index contributed by atoms with van der Waals surface area (Å²) in [5.41, 5.74) is 1.94. The zero-order chi connectivity index (χ0) is 23.5. The number of carbonyl (C=O) groups excluding carboxylic acids is 1. The van der Waals surface area contributed by atoms with Crippen LogP contribution in [0, 0.1) is 6.92 Å². The maximum Gasteiger partial charge on any atom is 0.243 e. The molecule has 1 heterocycles. The minimum atomic E-state index is -3.82. The molecule has 1 amide bonds. The molecular formula is C22H25ClN4O4S. The molecule has 1 N–H and O–H groups in total. The van der Waals surface area contributed by atoms with Crippen LogP contribution in [0.2, 0.25) is 5.02 Å². The van der Waals surface area contributed by atoms with Crippen LogP contribution < -0.4 is 14.4 Å². The largest absolute Gasteiger partial charge is 0.495 e. The van der Waals surface area contributed by atoms with Gasteiger partial charge in [-0.1, -0.05) is 29.8 Å². The molecule has 0 aliphatic carbocycles. The van der Waals surface area contributed by atoms with Gasteiger partial charge in [-0.25, -0.2) is 13.4 Å². The maximum atomic E-state index is 13.0. The Kier molecular flexibility index (Phi) is 7.10. The second kappa shape index (κ2) is 9.62. The number of para-hydroxylation sites is 1. The smallest absolute Gasteiger partial charge is 0.243 e. The first kappa shape index (κ1) is 23.6. The summed E-state index contributed by atoms with van der Waals surface area (Å²) in [4.78, 5) is 17.3. The highest BCUT2D eigenvalue weighted by Crippen LogP contribution is 2.34. The van der Waals surface area contributed by atoms with E-state index in [9.17, 15) is 13.2 Å². The third-order valence-corrected chi connectivity index (χ3v) is 6.46. The molecule has 3 rings (SSSR count). The van der Waals surface area contributed by atoms with Crippen LogP contribution in [0.1, 0.15) is 18.3 Å². The molecule has 10 heteroatoms. The van der Waals surface area contributed by atoms with Crippen LogP contribution in [0.3, 0.4) is 0 Å². The summed E-state index contributed by atoms with van der Waals surface area (Å²) in [6.45, 7) is 3.61. The van der Waals surface area contributed by atoms with Gasteiger partial charge in [0.15, 0.2) is 0 Å². The molecule has 8 nitrogen and oxygen atoms in total. The molecule has 0 unspecified atom stereocenters. The van der Waals surface area contributed by atoms with Crippen molar-refractivity contribution in [1.82, 2.24) is 14.9 Å². The Bertz CT molecular complexity index is 1230. The number of imidazole rings is 1. The highest BCUT2D eigenvalue weighted by Gasteiger charge is 2.31. The van der Waals surface area contributed by atoms with Crippen molar-refractivity contribution in [3.8, 4) is 11.4 Å². The van der Waals surface area contributed by atoms with Gasteiger partial charge in [0.1, 0.15) is 17.6 Å². The third-order valence-electron chi connectivity index (χ3n) is 5.00. The molecule has 0 fully saturated rings. The summed E-state index contributed by atoms with van der Waals surface area (Å²) in [5.74, 6) is 0.642. The number of carbonyl (C=O) groups is 1. The molecule has 0 bridgehead atoms. The van der Waals surface area contributed by atoms with Gasteiger partial charge in [-0.2, -0.15) is 0 Å². The monoisotopic (exact) mass is 476 g/mol. The highest BCUT2D eigenvalue weighted by atomic mass is 35.5. The number of ether oxygens (including phenoxy) is 1. The number of aryl methyl sites for hydroxylation is 1. The number of anilines is 1. The van der Waals surface area contributed by atoms with Gasteiger partial charge in [-0.15, -0.1) is 0 Å². The van der Waals surface area contributed by atoms with Gasteiger partial charge < -0.3 is 14.6 Å². The van der Waals surface area contributed by atoms with E-state index in [0.29, 0.717) is 10.8 Å². The van der Waals surface area contributed by atoms with E-state index in [2.05, 4.69) is 10.3 Å². The Labute approximate surface area is 192 Å². The van der Waals surface area contributed by atoms with Crippen molar-refractivity contribution in [3.63, 3.8) is 0 Å². The van der Waals surface area contributed by atoms with Crippen LogP contribution in [0.4, 0.5) is 5.69 Å². The Morgan fingerprint density at radius 3 is 2.62 bits per heavy atom. The lowest BCUT2D eigenvalue weighted by molar-refractivity contribution is -0.122. The Balaban J connectivity index is 1.87. The number of hydrogen-bond acceptors (Lipinski definition) is 5. The van der Waals surface area contributed by atoms with Crippen LogP contribution >= 0.6 is 11.6 Å². The molecular weight excluding hydrogens is 452 g/mol. The van der Waals surface area contributed by atoms with Crippen molar-refractivity contribution in [2.24, 2.45) is 0 Å². The molecule has 0 aliphatic heterocycles. The van der Waals surface area contributed by atoms with Crippen molar-refractivity contribution in [3.05, 3.63) is 71.3 Å². The first-order valence-electron chi connectivity index (χ1n) is 9.82. The fraction of sp³-hybridized carbons (Fsp3) is 0.273. The molecule has 2 aromatic carbocycles. The zero-order valence-corrected chi connectivity index (χ0v) is 19.8. The number of methoxy groups -OCH3 is 1. The highest BCUT2D eigenvalue weighted by molar-refractivity contribution is 7.92. The van der Waals surface area contributed by atoms with Gasteiger partial charge in [0, 0.05) is 24.0 Å². The molecule has 0 spiro atoms. The standard InChI is InChI=1S/C22H25ClN4O4S/c1-15(27(32(4,29)30)20-13-18(23)9-10-21(20)31-3)22(28)25-14-17-7-5-6-8-19(17)26-12-11-24-16(26)2/h5-13,15H,14H2,1-4H3,(H,25,28)/t15-/m0/s1. The molecule has 170 valence electrons. The normalized spacial score (nSPS) is 12.3. The van der Waals surface area contributed by atoms with E-state index in [1.54, 1.807) is 18.3 Å². The van der Waals surface area contributed by atoms with E-state index in [0.717, 1.165) is 27.6 Å². The summed E-state index contributed by atoms with van der Waals surface area (Å²) < 4.78 is 33.5. The molecule has 1 aromatic heterocycles. The number of halogens is 1. The number of nitrogens with one attached hydrogen (secondary N) is 1. The van der Waals surface area contributed by atoms with Crippen LogP contribution in [0.5, 0.6) is 5.75 Å². The van der Waals surface area contributed by atoms with Gasteiger partial charge in [0.2, 0.25) is 15.9 Å². The average Bonchev–Trinajstić information content (AvgIpc) is 3.17. The SMILES string of the molecule is COc1ccc(Cl)cc1N([C@@H](C)C(=O)NCc1ccccc1-n1ccnc1C)S(C)(=O)=O. The number of amides is 1. The van der Waals surface area contributed by atoms with E-state index in [1.807, 2.05) is 42.0 Å². The molecule has 0 aliphatic rings. The Morgan fingerprint density at radius 2 is 2.00 bits per heavy atom. The second-order valence-electron chi connectivity index (χ2n) is 7.24. The fourth-order valence-corrected chi connectivity index (χ4v) is 4.81. The predicted molar refractivity (Wildman–Crippen MR) is 125 cm³/mol. The van der Waals surface area contributed by atoms with Gasteiger partial charge >= 0.3 is 0 Å². The number of nitrogens with zero attached hydrogens (tertiary/aromatic N) is 3. The van der Waals surface area contributed by atoms with E-state index in [1.165, 1.54) is 20.1 Å². The molecule has 32 heavy (non-hydrogen) atoms. The topological polar surface area (TPSA) is 93.5 Å². The van der Waals surface area contributed by atoms with Crippen molar-refractivity contribution in [2.45, 2.75) is 26.4 Å². The molecule has 0 radical (unpaired) electrons. The van der Waals surface area contributed by atoms with Gasteiger partial charge in [0.25, 0.3) is 0 Å².